The number of likely N-dealkylation sites (N-methyl/N-ethyl adjacent to an activating group) is 1. The molecule has 0 unspecified atom stereocenters. The summed E-state index contributed by atoms with van der Waals surface area (Å²) in [5.74, 6) is -1.60. The van der Waals surface area contributed by atoms with Crippen molar-refractivity contribution in [2.24, 2.45) is 0 Å². The molecule has 7 nitrogen and oxygen atoms in total. The third kappa shape index (κ3) is 7.74. The number of halogens is 2. The van der Waals surface area contributed by atoms with E-state index in [-0.39, 0.29) is 29.1 Å². The summed E-state index contributed by atoms with van der Waals surface area (Å²) in [7, 11) is -4.18. The number of sulfonamides is 1. The van der Waals surface area contributed by atoms with Gasteiger partial charge in [-0.3, -0.25) is 13.9 Å². The molecule has 0 radical (unpaired) electrons. The fourth-order valence-corrected chi connectivity index (χ4v) is 6.31. The van der Waals surface area contributed by atoms with Gasteiger partial charge in [-0.05, 0) is 77.5 Å². The van der Waals surface area contributed by atoms with Gasteiger partial charge in [-0.2, -0.15) is 0 Å². The normalized spacial score (nSPS) is 11.9. The number of carbonyl (C=O) groups excluding carboxylic acids is 2. The molecule has 1 atom stereocenters. The molecule has 218 valence electrons. The van der Waals surface area contributed by atoms with Crippen molar-refractivity contribution in [2.75, 3.05) is 17.4 Å². The van der Waals surface area contributed by atoms with Gasteiger partial charge >= 0.3 is 0 Å². The minimum absolute atomic E-state index is 0.0153. The van der Waals surface area contributed by atoms with E-state index in [1.807, 2.05) is 30.3 Å². The average Bonchev–Trinajstić information content (AvgIpc) is 3.00. The quantitative estimate of drug-likeness (QED) is 0.201. The minimum Gasteiger partial charge on any atom is -0.355 e. The second-order valence-electron chi connectivity index (χ2n) is 9.51. The van der Waals surface area contributed by atoms with E-state index in [0.717, 1.165) is 13.4 Å². The minimum atomic E-state index is -4.18. The first-order valence-corrected chi connectivity index (χ1v) is 15.9. The van der Waals surface area contributed by atoms with Crippen LogP contribution in [0.25, 0.3) is 0 Å². The summed E-state index contributed by atoms with van der Waals surface area (Å²) in [6, 6.07) is 28.8. The Labute approximate surface area is 259 Å². The lowest BCUT2D eigenvalue weighted by Crippen LogP contribution is -2.53. The molecule has 2 amide bonds. The summed E-state index contributed by atoms with van der Waals surface area (Å²) >= 11 is 2.11. The maximum Gasteiger partial charge on any atom is 0.264 e. The second-order valence-corrected chi connectivity index (χ2v) is 12.6. The molecular weight excluding hydrogens is 668 g/mol. The molecule has 0 saturated carbocycles. The van der Waals surface area contributed by atoms with Gasteiger partial charge in [0, 0.05) is 28.6 Å². The Kier molecular flexibility index (Phi) is 10.7. The Hall–Kier alpha value is -3.77. The Morgan fingerprint density at radius 2 is 1.45 bits per heavy atom. The average molecular weight is 700 g/mol. The molecule has 4 aromatic carbocycles. The summed E-state index contributed by atoms with van der Waals surface area (Å²) in [5, 5.41) is 2.79. The van der Waals surface area contributed by atoms with E-state index in [2.05, 4.69) is 27.9 Å². The van der Waals surface area contributed by atoms with Crippen LogP contribution in [0.4, 0.5) is 10.1 Å². The molecule has 10 heteroatoms. The zero-order valence-electron chi connectivity index (χ0n) is 23.0. The van der Waals surface area contributed by atoms with Crippen molar-refractivity contribution in [1.29, 1.82) is 0 Å². The van der Waals surface area contributed by atoms with Gasteiger partial charge in [0.2, 0.25) is 11.8 Å². The third-order valence-corrected chi connectivity index (χ3v) is 9.15. The maximum absolute atomic E-state index is 14.9. The molecule has 0 aliphatic heterocycles. The molecule has 0 fully saturated rings. The van der Waals surface area contributed by atoms with Crippen molar-refractivity contribution < 1.29 is 22.4 Å². The predicted molar refractivity (Wildman–Crippen MR) is 170 cm³/mol. The van der Waals surface area contributed by atoms with Crippen LogP contribution in [0.5, 0.6) is 0 Å². The van der Waals surface area contributed by atoms with Crippen molar-refractivity contribution in [3.05, 3.63) is 130 Å². The van der Waals surface area contributed by atoms with Gasteiger partial charge in [-0.1, -0.05) is 66.7 Å². The Bertz CT molecular complexity index is 1600. The number of carbonyl (C=O) groups is 2. The summed E-state index contributed by atoms with van der Waals surface area (Å²) in [4.78, 5) is 29.0. The van der Waals surface area contributed by atoms with Crippen LogP contribution in [0.2, 0.25) is 0 Å². The Morgan fingerprint density at radius 3 is 2.07 bits per heavy atom. The summed E-state index contributed by atoms with van der Waals surface area (Å²) in [6.45, 7) is 1.26. The predicted octanol–water partition coefficient (Wildman–Crippen LogP) is 5.40. The van der Waals surface area contributed by atoms with Crippen molar-refractivity contribution >= 4 is 50.1 Å². The molecule has 0 bridgehead atoms. The summed E-state index contributed by atoms with van der Waals surface area (Å²) in [6.07, 6.45) is 0.155. The van der Waals surface area contributed by atoms with Crippen molar-refractivity contribution in [2.45, 2.75) is 30.8 Å². The molecule has 0 aromatic heterocycles. The molecule has 0 aliphatic carbocycles. The molecule has 0 aliphatic rings. The number of anilines is 1. The number of amides is 2. The number of nitrogens with zero attached hydrogens (tertiary/aromatic N) is 2. The number of rotatable bonds is 12. The van der Waals surface area contributed by atoms with Gasteiger partial charge in [-0.25, -0.2) is 12.8 Å². The van der Waals surface area contributed by atoms with Crippen molar-refractivity contribution in [3.8, 4) is 0 Å². The van der Waals surface area contributed by atoms with Gasteiger partial charge in [0.1, 0.15) is 18.4 Å². The molecule has 4 aromatic rings. The smallest absolute Gasteiger partial charge is 0.264 e. The fraction of sp³-hybridized carbons (Fsp3) is 0.188. The van der Waals surface area contributed by atoms with Crippen LogP contribution in [0.15, 0.2) is 114 Å². The Morgan fingerprint density at radius 1 is 0.857 bits per heavy atom. The van der Waals surface area contributed by atoms with Crippen LogP contribution in [-0.4, -0.2) is 44.3 Å². The SMILES string of the molecule is CCNC(=O)[C@@H](Cc1ccccc1)N(Cc1ccccc1F)C(=O)CN(c1ccc(I)cc1)S(=O)(=O)c1ccccc1. The summed E-state index contributed by atoms with van der Waals surface area (Å²) in [5.41, 5.74) is 1.29. The first-order valence-electron chi connectivity index (χ1n) is 13.4. The number of benzene rings is 4. The van der Waals surface area contributed by atoms with E-state index in [1.165, 1.54) is 23.1 Å². The topological polar surface area (TPSA) is 86.8 Å². The summed E-state index contributed by atoms with van der Waals surface area (Å²) < 4.78 is 44.6. The van der Waals surface area contributed by atoms with Crippen LogP contribution in [0.1, 0.15) is 18.1 Å². The number of nitrogens with one attached hydrogen (secondary N) is 1. The fourth-order valence-electron chi connectivity index (χ4n) is 4.51. The highest BCUT2D eigenvalue weighted by molar-refractivity contribution is 14.1. The van der Waals surface area contributed by atoms with E-state index in [0.29, 0.717) is 6.54 Å². The highest BCUT2D eigenvalue weighted by atomic mass is 127. The molecule has 42 heavy (non-hydrogen) atoms. The zero-order valence-corrected chi connectivity index (χ0v) is 26.0. The monoisotopic (exact) mass is 699 g/mol. The maximum atomic E-state index is 14.9. The van der Waals surface area contributed by atoms with Crippen molar-refractivity contribution in [1.82, 2.24) is 10.2 Å². The third-order valence-electron chi connectivity index (χ3n) is 6.65. The van der Waals surface area contributed by atoms with E-state index in [1.54, 1.807) is 67.6 Å². The molecule has 1 N–H and O–H groups in total. The van der Waals surface area contributed by atoms with Gasteiger partial charge in [-0.15, -0.1) is 0 Å². The molecule has 4 rings (SSSR count). The lowest BCUT2D eigenvalue weighted by Gasteiger charge is -2.34. The van der Waals surface area contributed by atoms with Crippen LogP contribution in [0.3, 0.4) is 0 Å². The van der Waals surface area contributed by atoms with Crippen LogP contribution in [0, 0.1) is 9.39 Å². The first-order chi connectivity index (χ1) is 20.2. The second kappa shape index (κ2) is 14.4. The molecule has 0 saturated heterocycles. The van der Waals surface area contributed by atoms with E-state index >= 15 is 0 Å². The molecule has 0 spiro atoms. The van der Waals surface area contributed by atoms with E-state index < -0.39 is 40.2 Å². The Balaban J connectivity index is 1.79. The van der Waals surface area contributed by atoms with E-state index in [9.17, 15) is 22.4 Å². The van der Waals surface area contributed by atoms with E-state index in [4.69, 9.17) is 0 Å². The van der Waals surface area contributed by atoms with Gasteiger partial charge in [0.05, 0.1) is 10.6 Å². The van der Waals surface area contributed by atoms with Crippen LogP contribution in [-0.2, 0) is 32.6 Å². The molecular formula is C32H31FIN3O4S. The van der Waals surface area contributed by atoms with Crippen molar-refractivity contribution in [3.63, 3.8) is 0 Å². The van der Waals surface area contributed by atoms with Crippen LogP contribution < -0.4 is 9.62 Å². The number of hydrogen-bond donors (Lipinski definition) is 1. The largest absolute Gasteiger partial charge is 0.355 e. The van der Waals surface area contributed by atoms with Gasteiger partial charge in [0.25, 0.3) is 10.0 Å². The van der Waals surface area contributed by atoms with Crippen LogP contribution >= 0.6 is 22.6 Å². The van der Waals surface area contributed by atoms with Gasteiger partial charge in [0.15, 0.2) is 0 Å². The lowest BCUT2D eigenvalue weighted by molar-refractivity contribution is -0.140. The van der Waals surface area contributed by atoms with Gasteiger partial charge < -0.3 is 10.2 Å². The highest BCUT2D eigenvalue weighted by Gasteiger charge is 2.34. The molecule has 0 heterocycles. The number of hydrogen-bond acceptors (Lipinski definition) is 4. The zero-order chi connectivity index (χ0) is 30.1. The highest BCUT2D eigenvalue weighted by Crippen LogP contribution is 2.26. The lowest BCUT2D eigenvalue weighted by atomic mass is 10.0. The standard InChI is InChI=1S/C32H31FIN3O4S/c1-2-35-32(39)30(21-24-11-5-3-6-12-24)36(22-25-13-9-10-16-29(25)33)31(38)23-37(27-19-17-26(34)18-20-27)42(40,41)28-14-7-4-8-15-28/h3-20,30H,2,21-23H2,1H3,(H,35,39)/t30-/m1/s1. The first kappa shape index (κ1) is 31.2.